The van der Waals surface area contributed by atoms with E-state index in [9.17, 15) is 19.8 Å². The fourth-order valence-corrected chi connectivity index (χ4v) is 2.84. The molecule has 0 spiro atoms. The summed E-state index contributed by atoms with van der Waals surface area (Å²) in [6, 6.07) is 16.1. The van der Waals surface area contributed by atoms with Crippen LogP contribution in [0.3, 0.4) is 0 Å². The third kappa shape index (κ3) is 4.12. The monoisotopic (exact) mass is 381 g/mol. The fourth-order valence-electron chi connectivity index (χ4n) is 2.84. The molecule has 0 aliphatic carbocycles. The molecule has 0 aliphatic heterocycles. The van der Waals surface area contributed by atoms with Crippen molar-refractivity contribution in [2.24, 2.45) is 0 Å². The first-order valence-electron chi connectivity index (χ1n) is 8.49. The predicted octanol–water partition coefficient (Wildman–Crippen LogP) is 2.53. The van der Waals surface area contributed by atoms with Crippen molar-refractivity contribution in [2.45, 2.75) is 12.5 Å². The number of carbonyl (C=O) groups is 2. The van der Waals surface area contributed by atoms with E-state index in [4.69, 9.17) is 4.74 Å². The van der Waals surface area contributed by atoms with Crippen LogP contribution in [0.25, 0.3) is 5.69 Å². The molecule has 0 saturated heterocycles. The maximum absolute atomic E-state index is 12.7. The molecule has 3 N–H and O–H groups in total. The summed E-state index contributed by atoms with van der Waals surface area (Å²) in [4.78, 5) is 24.0. The number of para-hydroxylation sites is 2. The Morgan fingerprint density at radius 3 is 2.50 bits per heavy atom. The molecule has 8 nitrogen and oxygen atoms in total. The molecule has 0 saturated carbocycles. The number of nitrogens with zero attached hydrogens (tertiary/aromatic N) is 2. The first-order valence-corrected chi connectivity index (χ1v) is 8.49. The van der Waals surface area contributed by atoms with Gasteiger partial charge in [-0.05, 0) is 18.2 Å². The van der Waals surface area contributed by atoms with E-state index in [2.05, 4.69) is 10.4 Å². The molecule has 0 unspecified atom stereocenters. The van der Waals surface area contributed by atoms with Gasteiger partial charge in [-0.1, -0.05) is 36.4 Å². The molecule has 3 rings (SSSR count). The van der Waals surface area contributed by atoms with E-state index in [1.54, 1.807) is 48.5 Å². The van der Waals surface area contributed by atoms with E-state index in [0.29, 0.717) is 17.0 Å². The van der Waals surface area contributed by atoms with Crippen LogP contribution >= 0.6 is 0 Å². The minimum Gasteiger partial charge on any atom is -0.496 e. The number of aromatic nitrogens is 2. The lowest BCUT2D eigenvalue weighted by atomic mass is 10.0. The second kappa shape index (κ2) is 8.26. The van der Waals surface area contributed by atoms with Crippen molar-refractivity contribution >= 4 is 11.9 Å². The number of amides is 1. The number of aromatic hydroxyl groups is 1. The van der Waals surface area contributed by atoms with Gasteiger partial charge in [0.15, 0.2) is 5.69 Å². The van der Waals surface area contributed by atoms with Crippen LogP contribution in [0.15, 0.2) is 60.7 Å². The Labute approximate surface area is 161 Å². The van der Waals surface area contributed by atoms with Crippen LogP contribution in [0.1, 0.15) is 28.5 Å². The average Bonchev–Trinajstić information content (AvgIpc) is 3.09. The summed E-state index contributed by atoms with van der Waals surface area (Å²) in [6.45, 7) is 0. The minimum atomic E-state index is -1.08. The highest BCUT2D eigenvalue weighted by Crippen LogP contribution is 2.27. The van der Waals surface area contributed by atoms with E-state index >= 15 is 0 Å². The third-order valence-corrected chi connectivity index (χ3v) is 4.12. The van der Waals surface area contributed by atoms with Gasteiger partial charge in [0, 0.05) is 11.6 Å². The SMILES string of the molecule is COc1ccccc1[C@H](CC(=O)O)NC(=O)c1cc(O)n(-c2ccccc2)n1. The number of nitrogens with one attached hydrogen (secondary N) is 1. The molecular weight excluding hydrogens is 362 g/mol. The summed E-state index contributed by atoms with van der Waals surface area (Å²) < 4.78 is 6.50. The van der Waals surface area contributed by atoms with Crippen molar-refractivity contribution in [3.8, 4) is 17.3 Å². The highest BCUT2D eigenvalue weighted by Gasteiger charge is 2.24. The zero-order chi connectivity index (χ0) is 20.1. The quantitative estimate of drug-likeness (QED) is 0.580. The number of hydrogen-bond donors (Lipinski definition) is 3. The number of benzene rings is 2. The molecule has 1 amide bonds. The summed E-state index contributed by atoms with van der Waals surface area (Å²) in [5.41, 5.74) is 1.09. The maximum atomic E-state index is 12.7. The molecule has 1 heterocycles. The van der Waals surface area contributed by atoms with Crippen LogP contribution in [0.5, 0.6) is 11.6 Å². The Kier molecular flexibility index (Phi) is 5.59. The molecule has 0 radical (unpaired) electrons. The van der Waals surface area contributed by atoms with E-state index in [-0.39, 0.29) is 18.0 Å². The van der Waals surface area contributed by atoms with Gasteiger partial charge in [0.25, 0.3) is 5.91 Å². The summed E-state index contributed by atoms with van der Waals surface area (Å²) in [5, 5.41) is 26.1. The smallest absolute Gasteiger partial charge is 0.305 e. The number of carbonyl (C=O) groups excluding carboxylic acids is 1. The molecule has 0 aliphatic rings. The van der Waals surface area contributed by atoms with E-state index < -0.39 is 17.9 Å². The lowest BCUT2D eigenvalue weighted by Gasteiger charge is -2.19. The number of hydrogen-bond acceptors (Lipinski definition) is 5. The predicted molar refractivity (Wildman–Crippen MR) is 101 cm³/mol. The Morgan fingerprint density at radius 2 is 1.82 bits per heavy atom. The second-order valence-corrected chi connectivity index (χ2v) is 6.00. The van der Waals surface area contributed by atoms with Gasteiger partial charge >= 0.3 is 5.97 Å². The second-order valence-electron chi connectivity index (χ2n) is 6.00. The molecule has 2 aromatic carbocycles. The van der Waals surface area contributed by atoms with Crippen molar-refractivity contribution in [1.82, 2.24) is 15.1 Å². The molecule has 1 atom stereocenters. The Morgan fingerprint density at radius 1 is 1.14 bits per heavy atom. The number of methoxy groups -OCH3 is 1. The van der Waals surface area contributed by atoms with Gasteiger partial charge in [-0.3, -0.25) is 9.59 Å². The van der Waals surface area contributed by atoms with Crippen LogP contribution in [-0.4, -0.2) is 39.0 Å². The van der Waals surface area contributed by atoms with Gasteiger partial charge < -0.3 is 20.3 Å². The van der Waals surface area contributed by atoms with Crippen LogP contribution in [0.2, 0.25) is 0 Å². The zero-order valence-corrected chi connectivity index (χ0v) is 15.1. The maximum Gasteiger partial charge on any atom is 0.305 e. The van der Waals surface area contributed by atoms with E-state index in [1.807, 2.05) is 6.07 Å². The number of rotatable bonds is 7. The number of ether oxygens (including phenoxy) is 1. The van der Waals surface area contributed by atoms with Crippen LogP contribution in [-0.2, 0) is 4.79 Å². The highest BCUT2D eigenvalue weighted by molar-refractivity contribution is 5.93. The summed E-state index contributed by atoms with van der Waals surface area (Å²) in [6.07, 6.45) is -0.336. The summed E-state index contributed by atoms with van der Waals surface area (Å²) in [7, 11) is 1.47. The molecule has 1 aromatic heterocycles. The average molecular weight is 381 g/mol. The molecular formula is C20H19N3O5. The Balaban J connectivity index is 1.88. The van der Waals surface area contributed by atoms with Gasteiger partial charge in [0.1, 0.15) is 5.75 Å². The van der Waals surface area contributed by atoms with E-state index in [1.165, 1.54) is 17.9 Å². The van der Waals surface area contributed by atoms with Gasteiger partial charge in [0.2, 0.25) is 5.88 Å². The lowest BCUT2D eigenvalue weighted by molar-refractivity contribution is -0.137. The molecule has 8 heteroatoms. The number of carboxylic acid groups (broad SMARTS) is 1. The largest absolute Gasteiger partial charge is 0.496 e. The lowest BCUT2D eigenvalue weighted by Crippen LogP contribution is -2.30. The van der Waals surface area contributed by atoms with Crippen LogP contribution in [0.4, 0.5) is 0 Å². The molecule has 0 fully saturated rings. The molecule has 144 valence electrons. The molecule has 0 bridgehead atoms. The Hall–Kier alpha value is -3.81. The number of carboxylic acids is 1. The normalized spacial score (nSPS) is 11.6. The summed E-state index contributed by atoms with van der Waals surface area (Å²) >= 11 is 0. The molecule has 28 heavy (non-hydrogen) atoms. The zero-order valence-electron chi connectivity index (χ0n) is 15.1. The van der Waals surface area contributed by atoms with Gasteiger partial charge in [-0.15, -0.1) is 0 Å². The van der Waals surface area contributed by atoms with Crippen LogP contribution in [0, 0.1) is 0 Å². The van der Waals surface area contributed by atoms with Crippen molar-refractivity contribution in [2.75, 3.05) is 7.11 Å². The van der Waals surface area contributed by atoms with Crippen LogP contribution < -0.4 is 10.1 Å². The number of aliphatic carboxylic acids is 1. The minimum absolute atomic E-state index is 0.0355. The van der Waals surface area contributed by atoms with Crippen molar-refractivity contribution in [1.29, 1.82) is 0 Å². The standard InChI is InChI=1S/C20H19N3O5/c1-28-17-10-6-5-9-14(17)15(12-19(25)26)21-20(27)16-11-18(24)23(22-16)13-7-3-2-4-8-13/h2-11,15,24H,12H2,1H3,(H,21,27)(H,25,26)/t15-/m0/s1. The van der Waals surface area contributed by atoms with Gasteiger partial charge in [0.05, 0.1) is 25.3 Å². The first kappa shape index (κ1) is 19.0. The fraction of sp³-hybridized carbons (Fsp3) is 0.150. The first-order chi connectivity index (χ1) is 13.5. The Bertz CT molecular complexity index is 985. The van der Waals surface area contributed by atoms with Crippen molar-refractivity contribution in [3.05, 3.63) is 71.9 Å². The third-order valence-electron chi connectivity index (χ3n) is 4.12. The topological polar surface area (TPSA) is 114 Å². The molecule has 3 aromatic rings. The highest BCUT2D eigenvalue weighted by atomic mass is 16.5. The van der Waals surface area contributed by atoms with Crippen molar-refractivity contribution in [3.63, 3.8) is 0 Å². The summed E-state index contributed by atoms with van der Waals surface area (Å²) in [5.74, 6) is -1.42. The van der Waals surface area contributed by atoms with Crippen molar-refractivity contribution < 1.29 is 24.5 Å². The van der Waals surface area contributed by atoms with Gasteiger partial charge in [-0.2, -0.15) is 5.10 Å². The van der Waals surface area contributed by atoms with Gasteiger partial charge in [-0.25, -0.2) is 4.68 Å². The van der Waals surface area contributed by atoms with E-state index in [0.717, 1.165) is 0 Å².